The van der Waals surface area contributed by atoms with Gasteiger partial charge in [0.1, 0.15) is 5.60 Å². The minimum Gasteiger partial charge on any atom is -0.444 e. The number of hydrogen-bond acceptors (Lipinski definition) is 2. The molecule has 3 nitrogen and oxygen atoms in total. The molecule has 4 heteroatoms. The van der Waals surface area contributed by atoms with Gasteiger partial charge in [0, 0.05) is 17.6 Å². The molecule has 104 valence electrons. The van der Waals surface area contributed by atoms with Crippen molar-refractivity contribution in [1.82, 2.24) is 4.90 Å². The standard InChI is InChI=1S/C15H20BrNO2/c1-10-8-17(14(18)19-15(2,3)4)9-11-5-6-12(16)7-13(10)11/h5-7,10H,8-9H2,1-4H3. The highest BCUT2D eigenvalue weighted by Gasteiger charge is 2.28. The van der Waals surface area contributed by atoms with Crippen molar-refractivity contribution in [3.63, 3.8) is 0 Å². The first kappa shape index (κ1) is 14.4. The smallest absolute Gasteiger partial charge is 0.410 e. The topological polar surface area (TPSA) is 29.5 Å². The third kappa shape index (κ3) is 3.50. The van der Waals surface area contributed by atoms with Crippen LogP contribution >= 0.6 is 15.9 Å². The zero-order valence-corrected chi connectivity index (χ0v) is 13.5. The van der Waals surface area contributed by atoms with Crippen molar-refractivity contribution in [3.8, 4) is 0 Å². The minimum atomic E-state index is -0.444. The predicted molar refractivity (Wildman–Crippen MR) is 79.2 cm³/mol. The molecular formula is C15H20BrNO2. The van der Waals surface area contributed by atoms with Crippen molar-refractivity contribution in [3.05, 3.63) is 33.8 Å². The molecule has 0 N–H and O–H groups in total. The van der Waals surface area contributed by atoms with Crippen LogP contribution in [0.4, 0.5) is 4.79 Å². The maximum Gasteiger partial charge on any atom is 0.410 e. The molecule has 1 aliphatic rings. The van der Waals surface area contributed by atoms with Crippen LogP contribution in [-0.2, 0) is 11.3 Å². The maximum absolute atomic E-state index is 12.1. The second-order valence-corrected chi connectivity index (χ2v) is 7.02. The average Bonchev–Trinajstić information content (AvgIpc) is 2.27. The first-order valence-corrected chi connectivity index (χ1v) is 7.32. The number of fused-ring (bicyclic) bond motifs is 1. The fourth-order valence-corrected chi connectivity index (χ4v) is 2.71. The number of nitrogens with zero attached hydrogens (tertiary/aromatic N) is 1. The fraction of sp³-hybridized carbons (Fsp3) is 0.533. The van der Waals surface area contributed by atoms with E-state index < -0.39 is 5.60 Å². The highest BCUT2D eigenvalue weighted by molar-refractivity contribution is 9.10. The average molecular weight is 326 g/mol. The van der Waals surface area contributed by atoms with Gasteiger partial charge in [-0.15, -0.1) is 0 Å². The Kier molecular flexibility index (Phi) is 3.90. The number of rotatable bonds is 0. The Morgan fingerprint density at radius 3 is 2.74 bits per heavy atom. The molecule has 0 spiro atoms. The third-order valence-electron chi connectivity index (χ3n) is 3.15. The maximum atomic E-state index is 12.1. The van der Waals surface area contributed by atoms with Crippen molar-refractivity contribution in [1.29, 1.82) is 0 Å². The van der Waals surface area contributed by atoms with Crippen LogP contribution in [0.25, 0.3) is 0 Å². The Morgan fingerprint density at radius 1 is 1.42 bits per heavy atom. The summed E-state index contributed by atoms with van der Waals surface area (Å²) >= 11 is 3.50. The van der Waals surface area contributed by atoms with Crippen LogP contribution in [0, 0.1) is 0 Å². The third-order valence-corrected chi connectivity index (χ3v) is 3.64. The number of ether oxygens (including phenoxy) is 1. The molecule has 1 aliphatic heterocycles. The second kappa shape index (κ2) is 5.16. The zero-order valence-electron chi connectivity index (χ0n) is 11.9. The molecule has 0 saturated carbocycles. The summed E-state index contributed by atoms with van der Waals surface area (Å²) in [5.74, 6) is 0.328. The molecule has 0 aliphatic carbocycles. The lowest BCUT2D eigenvalue weighted by molar-refractivity contribution is 0.0209. The Balaban J connectivity index is 2.17. The van der Waals surface area contributed by atoms with E-state index >= 15 is 0 Å². The van der Waals surface area contributed by atoms with Gasteiger partial charge < -0.3 is 9.64 Å². The van der Waals surface area contributed by atoms with E-state index in [0.29, 0.717) is 19.0 Å². The first-order chi connectivity index (χ1) is 8.76. The van der Waals surface area contributed by atoms with Crippen molar-refractivity contribution < 1.29 is 9.53 Å². The van der Waals surface area contributed by atoms with Gasteiger partial charge in [0.2, 0.25) is 0 Å². The van der Waals surface area contributed by atoms with Crippen LogP contribution in [0.15, 0.2) is 22.7 Å². The minimum absolute atomic E-state index is 0.229. The van der Waals surface area contributed by atoms with Crippen LogP contribution in [0.1, 0.15) is 44.7 Å². The lowest BCUT2D eigenvalue weighted by Crippen LogP contribution is -2.41. The Morgan fingerprint density at radius 2 is 2.11 bits per heavy atom. The molecular weight excluding hydrogens is 306 g/mol. The number of carbonyl (C=O) groups excluding carboxylic acids is 1. The van der Waals surface area contributed by atoms with Crippen LogP contribution in [0.2, 0.25) is 0 Å². The number of hydrogen-bond donors (Lipinski definition) is 0. The molecule has 0 radical (unpaired) electrons. The van der Waals surface area contributed by atoms with Gasteiger partial charge in [0.25, 0.3) is 0 Å². The molecule has 1 aromatic carbocycles. The van der Waals surface area contributed by atoms with E-state index in [1.165, 1.54) is 11.1 Å². The molecule has 0 bridgehead atoms. The number of benzene rings is 1. The van der Waals surface area contributed by atoms with Crippen molar-refractivity contribution >= 4 is 22.0 Å². The highest BCUT2D eigenvalue weighted by Crippen LogP contribution is 2.31. The van der Waals surface area contributed by atoms with Gasteiger partial charge in [-0.05, 0) is 49.9 Å². The van der Waals surface area contributed by atoms with Gasteiger partial charge in [0.05, 0.1) is 0 Å². The van der Waals surface area contributed by atoms with Gasteiger partial charge in [-0.3, -0.25) is 0 Å². The van der Waals surface area contributed by atoms with E-state index in [1.807, 2.05) is 26.8 Å². The summed E-state index contributed by atoms with van der Waals surface area (Å²) in [7, 11) is 0. The predicted octanol–water partition coefficient (Wildman–Crippen LogP) is 4.30. The summed E-state index contributed by atoms with van der Waals surface area (Å²) in [6.07, 6.45) is -0.229. The molecule has 0 aromatic heterocycles. The summed E-state index contributed by atoms with van der Waals surface area (Å²) < 4.78 is 6.53. The van der Waals surface area contributed by atoms with Gasteiger partial charge in [-0.2, -0.15) is 0 Å². The summed E-state index contributed by atoms with van der Waals surface area (Å²) in [4.78, 5) is 13.9. The number of amides is 1. The fourth-order valence-electron chi connectivity index (χ4n) is 2.33. The Bertz CT molecular complexity index is 493. The van der Waals surface area contributed by atoms with Crippen molar-refractivity contribution in [2.45, 2.75) is 45.8 Å². The van der Waals surface area contributed by atoms with E-state index in [9.17, 15) is 4.79 Å². The lowest BCUT2D eigenvalue weighted by Gasteiger charge is -2.34. The van der Waals surface area contributed by atoms with E-state index in [0.717, 1.165) is 4.47 Å². The Labute approximate surface area is 123 Å². The van der Waals surface area contributed by atoms with Crippen LogP contribution in [0.5, 0.6) is 0 Å². The van der Waals surface area contributed by atoms with E-state index in [1.54, 1.807) is 4.90 Å². The molecule has 1 amide bonds. The van der Waals surface area contributed by atoms with Crippen molar-refractivity contribution in [2.24, 2.45) is 0 Å². The molecule has 1 aromatic rings. The molecule has 1 heterocycles. The van der Waals surface area contributed by atoms with Crippen LogP contribution in [-0.4, -0.2) is 23.1 Å². The molecule has 1 unspecified atom stereocenters. The largest absolute Gasteiger partial charge is 0.444 e. The highest BCUT2D eigenvalue weighted by atomic mass is 79.9. The van der Waals surface area contributed by atoms with Gasteiger partial charge in [-0.1, -0.05) is 28.9 Å². The lowest BCUT2D eigenvalue weighted by atomic mass is 9.91. The molecule has 1 atom stereocenters. The monoisotopic (exact) mass is 325 g/mol. The van der Waals surface area contributed by atoms with Crippen LogP contribution in [0.3, 0.4) is 0 Å². The summed E-state index contributed by atoms with van der Waals surface area (Å²) in [6.45, 7) is 9.15. The summed E-state index contributed by atoms with van der Waals surface area (Å²) in [5, 5.41) is 0. The van der Waals surface area contributed by atoms with E-state index in [-0.39, 0.29) is 6.09 Å². The van der Waals surface area contributed by atoms with Crippen molar-refractivity contribution in [2.75, 3.05) is 6.54 Å². The van der Waals surface area contributed by atoms with E-state index in [4.69, 9.17) is 4.74 Å². The van der Waals surface area contributed by atoms with Crippen LogP contribution < -0.4 is 0 Å². The second-order valence-electron chi connectivity index (χ2n) is 6.11. The normalized spacial score (nSPS) is 19.0. The molecule has 0 saturated heterocycles. The van der Waals surface area contributed by atoms with Gasteiger partial charge >= 0.3 is 6.09 Å². The molecule has 19 heavy (non-hydrogen) atoms. The summed E-state index contributed by atoms with van der Waals surface area (Å²) in [5.41, 5.74) is 2.07. The summed E-state index contributed by atoms with van der Waals surface area (Å²) in [6, 6.07) is 6.24. The molecule has 2 rings (SSSR count). The number of carbonyl (C=O) groups is 1. The Hall–Kier alpha value is -1.03. The SMILES string of the molecule is CC1CN(C(=O)OC(C)(C)C)Cc2ccc(Br)cc21. The zero-order chi connectivity index (χ0) is 14.2. The van der Waals surface area contributed by atoms with Gasteiger partial charge in [-0.25, -0.2) is 4.79 Å². The quantitative estimate of drug-likeness (QED) is 0.711. The first-order valence-electron chi connectivity index (χ1n) is 6.52. The van der Waals surface area contributed by atoms with Gasteiger partial charge in [0.15, 0.2) is 0 Å². The molecule has 0 fully saturated rings. The number of halogens is 1. The van der Waals surface area contributed by atoms with E-state index in [2.05, 4.69) is 35.0 Å².